The zero-order valence-electron chi connectivity index (χ0n) is 20.1. The Balaban J connectivity index is 1.40. The Morgan fingerprint density at radius 3 is 2.56 bits per heavy atom. The van der Waals surface area contributed by atoms with E-state index in [-0.39, 0.29) is 18.1 Å². The Morgan fingerprint density at radius 1 is 1.17 bits per heavy atom. The summed E-state index contributed by atoms with van der Waals surface area (Å²) in [6, 6.07) is 10.5. The fourth-order valence-corrected chi connectivity index (χ4v) is 6.61. The molecule has 3 N–H and O–H groups in total. The van der Waals surface area contributed by atoms with Crippen molar-refractivity contribution in [1.29, 1.82) is 0 Å². The second-order valence-corrected chi connectivity index (χ2v) is 12.6. The standard InChI is InChI=1S/C26H28Cl2N4O3S/c1-15-23(18-4-3-5-20(27)22(18)28)31-21(14-33)25(30-15)32-10-8-26(9-11-32)13-16-6-7-17(36(2,34)35)12-19(16)24(26)29/h3-7,12,24,33H,8-11,13-14,29H2,1-2H3/t24-/m1/s1. The molecule has 10 heteroatoms. The highest BCUT2D eigenvalue weighted by Gasteiger charge is 2.46. The summed E-state index contributed by atoms with van der Waals surface area (Å²) in [7, 11) is -3.29. The van der Waals surface area contributed by atoms with Crippen LogP contribution in [0.3, 0.4) is 0 Å². The van der Waals surface area contributed by atoms with E-state index in [9.17, 15) is 13.5 Å². The van der Waals surface area contributed by atoms with Gasteiger partial charge in [0.25, 0.3) is 0 Å². The predicted molar refractivity (Wildman–Crippen MR) is 142 cm³/mol. The lowest BCUT2D eigenvalue weighted by Gasteiger charge is -2.43. The summed E-state index contributed by atoms with van der Waals surface area (Å²) in [5.41, 5.74) is 11.1. The lowest BCUT2D eigenvalue weighted by molar-refractivity contribution is 0.186. The largest absolute Gasteiger partial charge is 0.390 e. The molecule has 2 aromatic carbocycles. The van der Waals surface area contributed by atoms with Crippen molar-refractivity contribution in [3.63, 3.8) is 0 Å². The molecule has 1 fully saturated rings. The molecule has 1 aromatic heterocycles. The van der Waals surface area contributed by atoms with Crippen LogP contribution in [0.15, 0.2) is 41.3 Å². The predicted octanol–water partition coefficient (Wildman–Crippen LogP) is 4.50. The maximum absolute atomic E-state index is 12.1. The number of aryl methyl sites for hydroxylation is 1. The number of rotatable bonds is 4. The van der Waals surface area contributed by atoms with Crippen molar-refractivity contribution in [2.45, 2.75) is 43.7 Å². The first kappa shape index (κ1) is 25.4. The first-order valence-corrected chi connectivity index (χ1v) is 14.4. The summed E-state index contributed by atoms with van der Waals surface area (Å²) in [5.74, 6) is 0.662. The van der Waals surface area contributed by atoms with Crippen LogP contribution in [0.4, 0.5) is 5.82 Å². The molecule has 1 spiro atoms. The average molecular weight is 548 g/mol. The van der Waals surface area contributed by atoms with Crippen LogP contribution in [-0.2, 0) is 22.9 Å². The van der Waals surface area contributed by atoms with Gasteiger partial charge in [-0.3, -0.25) is 0 Å². The van der Waals surface area contributed by atoms with Gasteiger partial charge in [0.1, 0.15) is 5.69 Å². The molecule has 0 unspecified atom stereocenters. The lowest BCUT2D eigenvalue weighted by Crippen LogP contribution is -2.45. The van der Waals surface area contributed by atoms with E-state index in [4.69, 9.17) is 38.9 Å². The van der Waals surface area contributed by atoms with Gasteiger partial charge in [-0.25, -0.2) is 18.4 Å². The smallest absolute Gasteiger partial charge is 0.175 e. The van der Waals surface area contributed by atoms with Crippen molar-refractivity contribution in [2.75, 3.05) is 24.2 Å². The summed E-state index contributed by atoms with van der Waals surface area (Å²) >= 11 is 12.6. The quantitative estimate of drug-likeness (QED) is 0.495. The molecule has 1 saturated heterocycles. The van der Waals surface area contributed by atoms with Gasteiger partial charge in [-0.15, -0.1) is 0 Å². The SMILES string of the molecule is Cc1nc(N2CCC3(CC2)Cc2ccc(S(C)(=O)=O)cc2[C@H]3N)c(CO)nc1-c1cccc(Cl)c1Cl. The van der Waals surface area contributed by atoms with E-state index in [1.807, 2.05) is 25.1 Å². The molecule has 1 aliphatic carbocycles. The van der Waals surface area contributed by atoms with E-state index < -0.39 is 9.84 Å². The first-order chi connectivity index (χ1) is 17.0. The topological polar surface area (TPSA) is 109 Å². The number of anilines is 1. The molecular weight excluding hydrogens is 519 g/mol. The van der Waals surface area contributed by atoms with E-state index in [0.717, 1.165) is 30.4 Å². The Morgan fingerprint density at radius 2 is 1.89 bits per heavy atom. The van der Waals surface area contributed by atoms with E-state index in [1.54, 1.807) is 18.2 Å². The molecular formula is C26H28Cl2N4O3S. The van der Waals surface area contributed by atoms with Gasteiger partial charge < -0.3 is 15.7 Å². The molecule has 190 valence electrons. The first-order valence-electron chi connectivity index (χ1n) is 11.8. The molecule has 1 aliphatic heterocycles. The number of fused-ring (bicyclic) bond motifs is 1. The fourth-order valence-electron chi connectivity index (χ4n) is 5.57. The summed E-state index contributed by atoms with van der Waals surface area (Å²) in [6.45, 7) is 3.03. The zero-order chi connectivity index (χ0) is 25.8. The van der Waals surface area contributed by atoms with Crippen molar-refractivity contribution in [2.24, 2.45) is 11.1 Å². The lowest BCUT2D eigenvalue weighted by atomic mass is 9.73. The number of aliphatic hydroxyl groups is 1. The maximum atomic E-state index is 12.1. The van der Waals surface area contributed by atoms with Crippen LogP contribution in [0.5, 0.6) is 0 Å². The van der Waals surface area contributed by atoms with Crippen LogP contribution in [-0.4, -0.2) is 42.8 Å². The van der Waals surface area contributed by atoms with Gasteiger partial charge in [-0.2, -0.15) is 0 Å². The fraction of sp³-hybridized carbons (Fsp3) is 0.385. The second-order valence-electron chi connectivity index (χ2n) is 9.82. The minimum atomic E-state index is -3.29. The van der Waals surface area contributed by atoms with Crippen molar-refractivity contribution >= 4 is 38.9 Å². The van der Waals surface area contributed by atoms with E-state index >= 15 is 0 Å². The number of benzene rings is 2. The number of hydrogen-bond acceptors (Lipinski definition) is 7. The van der Waals surface area contributed by atoms with Gasteiger partial charge in [0, 0.05) is 31.0 Å². The highest BCUT2D eigenvalue weighted by Crippen LogP contribution is 2.51. The summed E-state index contributed by atoms with van der Waals surface area (Å²) in [5, 5.41) is 11.0. The molecule has 7 nitrogen and oxygen atoms in total. The minimum absolute atomic E-state index is 0.134. The molecule has 3 aromatic rings. The summed E-state index contributed by atoms with van der Waals surface area (Å²) in [4.78, 5) is 12.0. The van der Waals surface area contributed by atoms with Gasteiger partial charge in [-0.05, 0) is 60.9 Å². The van der Waals surface area contributed by atoms with Crippen LogP contribution in [0, 0.1) is 12.3 Å². The van der Waals surface area contributed by atoms with Gasteiger partial charge in [-0.1, -0.05) is 41.4 Å². The number of sulfone groups is 1. The Bertz CT molecular complexity index is 1450. The van der Waals surface area contributed by atoms with Crippen molar-refractivity contribution < 1.29 is 13.5 Å². The third-order valence-corrected chi connectivity index (χ3v) is 9.55. The number of nitrogens with two attached hydrogens (primary N) is 1. The van der Waals surface area contributed by atoms with E-state index in [2.05, 4.69) is 4.90 Å². The van der Waals surface area contributed by atoms with Crippen molar-refractivity contribution in [1.82, 2.24) is 9.97 Å². The van der Waals surface area contributed by atoms with Gasteiger partial charge >= 0.3 is 0 Å². The molecule has 1 atom stereocenters. The van der Waals surface area contributed by atoms with Crippen LogP contribution < -0.4 is 10.6 Å². The molecule has 0 bridgehead atoms. The number of hydrogen-bond donors (Lipinski definition) is 2. The number of aliphatic hydroxyl groups excluding tert-OH is 1. The molecule has 2 aliphatic rings. The van der Waals surface area contributed by atoms with Gasteiger partial charge in [0.05, 0.1) is 32.9 Å². The Labute approximate surface area is 221 Å². The summed E-state index contributed by atoms with van der Waals surface area (Å²) < 4.78 is 24.1. The maximum Gasteiger partial charge on any atom is 0.175 e. The molecule has 36 heavy (non-hydrogen) atoms. The average Bonchev–Trinajstić information content (AvgIpc) is 3.11. The molecule has 2 heterocycles. The van der Waals surface area contributed by atoms with Gasteiger partial charge in [0.2, 0.25) is 0 Å². The highest BCUT2D eigenvalue weighted by atomic mass is 35.5. The Kier molecular flexibility index (Phi) is 6.54. The molecule has 0 radical (unpaired) electrons. The number of piperidine rings is 1. The van der Waals surface area contributed by atoms with Crippen LogP contribution in [0.2, 0.25) is 10.0 Å². The monoisotopic (exact) mass is 546 g/mol. The normalized spacial score (nSPS) is 19.1. The number of halogens is 2. The number of nitrogens with zero attached hydrogens (tertiary/aromatic N) is 3. The highest BCUT2D eigenvalue weighted by molar-refractivity contribution is 7.90. The molecule has 0 amide bonds. The third kappa shape index (κ3) is 4.29. The van der Waals surface area contributed by atoms with Gasteiger partial charge in [0.15, 0.2) is 15.7 Å². The number of aromatic nitrogens is 2. The van der Waals surface area contributed by atoms with Crippen molar-refractivity contribution in [3.05, 3.63) is 69.0 Å². The minimum Gasteiger partial charge on any atom is -0.390 e. The van der Waals surface area contributed by atoms with E-state index in [1.165, 1.54) is 6.26 Å². The zero-order valence-corrected chi connectivity index (χ0v) is 22.5. The van der Waals surface area contributed by atoms with Crippen LogP contribution in [0.25, 0.3) is 11.3 Å². The van der Waals surface area contributed by atoms with Crippen molar-refractivity contribution in [3.8, 4) is 11.3 Å². The third-order valence-electron chi connectivity index (χ3n) is 7.62. The molecule has 5 rings (SSSR count). The molecule has 0 saturated carbocycles. The summed E-state index contributed by atoms with van der Waals surface area (Å²) in [6.07, 6.45) is 3.69. The van der Waals surface area contributed by atoms with E-state index in [0.29, 0.717) is 56.5 Å². The second kappa shape index (κ2) is 9.26. The van der Waals surface area contributed by atoms with Crippen LogP contribution in [0.1, 0.15) is 41.4 Å². The van der Waals surface area contributed by atoms with Crippen LogP contribution >= 0.6 is 23.2 Å². The Hall–Kier alpha value is -2.23.